The summed E-state index contributed by atoms with van der Waals surface area (Å²) >= 11 is 0. The van der Waals surface area contributed by atoms with Crippen molar-refractivity contribution in [3.8, 4) is 0 Å². The zero-order valence-corrected chi connectivity index (χ0v) is 16.1. The third kappa shape index (κ3) is 7.00. The van der Waals surface area contributed by atoms with E-state index in [1.54, 1.807) is 0 Å². The van der Waals surface area contributed by atoms with Gasteiger partial charge in [0.05, 0.1) is 13.2 Å². The summed E-state index contributed by atoms with van der Waals surface area (Å²) in [5.41, 5.74) is 0.187. The molecule has 6 heteroatoms. The molecule has 1 saturated heterocycles. The topological polar surface area (TPSA) is 73.9 Å². The Kier molecular flexibility index (Phi) is 10.1. The molecule has 2 rings (SSSR count). The molecule has 2 unspecified atom stereocenters. The molecule has 1 heterocycles. The summed E-state index contributed by atoms with van der Waals surface area (Å²) in [7, 11) is 0. The van der Waals surface area contributed by atoms with E-state index in [4.69, 9.17) is 9.47 Å². The van der Waals surface area contributed by atoms with E-state index in [0.29, 0.717) is 13.2 Å². The van der Waals surface area contributed by atoms with Crippen LogP contribution in [0.2, 0.25) is 0 Å². The normalized spacial score (nSPS) is 19.2. The fourth-order valence-corrected chi connectivity index (χ4v) is 2.55. The molecule has 0 radical (unpaired) electrons. The molecule has 0 bridgehead atoms. The number of carbonyl (C=O) groups excluding carboxylic acids is 2. The van der Waals surface area contributed by atoms with Gasteiger partial charge in [0.25, 0.3) is 0 Å². The summed E-state index contributed by atoms with van der Waals surface area (Å²) in [4.78, 5) is 21.7. The Balaban J connectivity index is 0.000000345. The third-order valence-corrected chi connectivity index (χ3v) is 3.96. The van der Waals surface area contributed by atoms with Crippen molar-refractivity contribution < 1.29 is 23.8 Å². The van der Waals surface area contributed by atoms with E-state index in [1.807, 2.05) is 44.2 Å². The van der Waals surface area contributed by atoms with Gasteiger partial charge < -0.3 is 14.2 Å². The molecule has 1 aliphatic rings. The second-order valence-electron chi connectivity index (χ2n) is 5.89. The highest BCUT2D eigenvalue weighted by Crippen LogP contribution is 2.31. The summed E-state index contributed by atoms with van der Waals surface area (Å²) in [6.07, 6.45) is 3.87. The molecule has 1 aliphatic heterocycles. The Labute approximate surface area is 161 Å². The van der Waals surface area contributed by atoms with Crippen LogP contribution in [0.1, 0.15) is 32.3 Å². The summed E-state index contributed by atoms with van der Waals surface area (Å²) in [6.45, 7) is 12.4. The van der Waals surface area contributed by atoms with Gasteiger partial charge in [0.15, 0.2) is 5.72 Å². The van der Waals surface area contributed by atoms with Gasteiger partial charge in [-0.1, -0.05) is 56.8 Å². The number of rotatable bonds is 8. The molecule has 1 N–H and O–H groups in total. The molecular formula is C21H29NO5. The van der Waals surface area contributed by atoms with Crippen LogP contribution in [0.3, 0.4) is 0 Å². The van der Waals surface area contributed by atoms with Crippen molar-refractivity contribution in [1.82, 2.24) is 5.32 Å². The summed E-state index contributed by atoms with van der Waals surface area (Å²) in [5, 5.41) is 3.28. The van der Waals surface area contributed by atoms with E-state index in [-0.39, 0.29) is 5.97 Å². The Bertz CT molecular complexity index is 608. The van der Waals surface area contributed by atoms with E-state index in [1.165, 1.54) is 6.08 Å². The first kappa shape index (κ1) is 22.6. The van der Waals surface area contributed by atoms with Gasteiger partial charge >= 0.3 is 11.9 Å². The monoisotopic (exact) mass is 375 g/mol. The lowest BCUT2D eigenvalue weighted by molar-refractivity contribution is -0.164. The predicted molar refractivity (Wildman–Crippen MR) is 104 cm³/mol. The Morgan fingerprint density at radius 3 is 2.44 bits per heavy atom. The van der Waals surface area contributed by atoms with Gasteiger partial charge in [-0.05, 0) is 13.3 Å². The van der Waals surface area contributed by atoms with Gasteiger partial charge in [0.1, 0.15) is 6.10 Å². The molecule has 1 fully saturated rings. The van der Waals surface area contributed by atoms with Crippen molar-refractivity contribution in [2.45, 2.75) is 38.5 Å². The van der Waals surface area contributed by atoms with Crippen LogP contribution >= 0.6 is 0 Å². The second kappa shape index (κ2) is 12.0. The van der Waals surface area contributed by atoms with Crippen molar-refractivity contribution >= 4 is 11.9 Å². The van der Waals surface area contributed by atoms with Crippen LogP contribution in [-0.4, -0.2) is 37.8 Å². The van der Waals surface area contributed by atoms with E-state index < -0.39 is 17.8 Å². The summed E-state index contributed by atoms with van der Waals surface area (Å²) < 4.78 is 15.8. The minimum atomic E-state index is -0.764. The smallest absolute Gasteiger partial charge is 0.330 e. The Hall–Kier alpha value is -2.44. The van der Waals surface area contributed by atoms with E-state index in [0.717, 1.165) is 31.0 Å². The SMILES string of the molecule is C=CC(=O)OC(C)C1(c2ccccc2)NCCO1.C=CC(=O)OCCCC. The Morgan fingerprint density at radius 2 is 1.93 bits per heavy atom. The Morgan fingerprint density at radius 1 is 1.26 bits per heavy atom. The van der Waals surface area contributed by atoms with Crippen LogP contribution in [0.5, 0.6) is 0 Å². The van der Waals surface area contributed by atoms with Crippen molar-refractivity contribution in [2.75, 3.05) is 19.8 Å². The van der Waals surface area contributed by atoms with Crippen LogP contribution in [-0.2, 0) is 29.5 Å². The van der Waals surface area contributed by atoms with Crippen molar-refractivity contribution in [3.63, 3.8) is 0 Å². The van der Waals surface area contributed by atoms with Gasteiger partial charge in [0.2, 0.25) is 0 Å². The molecule has 6 nitrogen and oxygen atoms in total. The second-order valence-corrected chi connectivity index (χ2v) is 5.89. The fourth-order valence-electron chi connectivity index (χ4n) is 2.55. The molecule has 0 saturated carbocycles. The van der Waals surface area contributed by atoms with E-state index in [2.05, 4.69) is 23.2 Å². The molecule has 27 heavy (non-hydrogen) atoms. The minimum Gasteiger partial charge on any atom is -0.463 e. The van der Waals surface area contributed by atoms with Gasteiger partial charge in [-0.25, -0.2) is 9.59 Å². The zero-order chi connectivity index (χ0) is 20.1. The molecule has 148 valence electrons. The standard InChI is InChI=1S/C14H17NO3.C7H12O2/c1-3-13(16)18-11(2)14(15-9-10-17-14)12-7-5-4-6-8-12;1-3-5-6-9-7(8)4-2/h3-8,11,15H,1,9-10H2,2H3;4H,2-3,5-6H2,1H3. The van der Waals surface area contributed by atoms with Crippen molar-refractivity contribution in [2.24, 2.45) is 0 Å². The van der Waals surface area contributed by atoms with Gasteiger partial charge in [-0.15, -0.1) is 0 Å². The maximum Gasteiger partial charge on any atom is 0.330 e. The average molecular weight is 375 g/mol. The first-order chi connectivity index (χ1) is 13.0. The van der Waals surface area contributed by atoms with Crippen LogP contribution < -0.4 is 5.32 Å². The fraction of sp³-hybridized carbons (Fsp3) is 0.429. The average Bonchev–Trinajstić information content (AvgIpc) is 3.20. The molecule has 0 aromatic heterocycles. The molecule has 1 aromatic carbocycles. The van der Waals surface area contributed by atoms with Crippen LogP contribution in [0, 0.1) is 0 Å². The highest BCUT2D eigenvalue weighted by Gasteiger charge is 2.44. The molecule has 0 amide bonds. The van der Waals surface area contributed by atoms with Crippen molar-refractivity contribution in [3.05, 3.63) is 61.2 Å². The van der Waals surface area contributed by atoms with Gasteiger partial charge in [0, 0.05) is 24.3 Å². The number of carbonyl (C=O) groups is 2. The van der Waals surface area contributed by atoms with Crippen molar-refractivity contribution in [1.29, 1.82) is 0 Å². The summed E-state index contributed by atoms with van der Waals surface area (Å²) in [5.74, 6) is -0.779. The van der Waals surface area contributed by atoms with E-state index >= 15 is 0 Å². The number of nitrogens with one attached hydrogen (secondary N) is 1. The first-order valence-corrected chi connectivity index (χ1v) is 9.06. The number of unbranched alkanes of at least 4 members (excludes halogenated alkanes) is 1. The lowest BCUT2D eigenvalue weighted by atomic mass is 9.98. The number of esters is 2. The molecular weight excluding hydrogens is 346 g/mol. The van der Waals surface area contributed by atoms with Gasteiger partial charge in [-0.3, -0.25) is 5.32 Å². The van der Waals surface area contributed by atoms with Crippen LogP contribution in [0.4, 0.5) is 0 Å². The van der Waals surface area contributed by atoms with Crippen LogP contribution in [0.25, 0.3) is 0 Å². The highest BCUT2D eigenvalue weighted by molar-refractivity contribution is 5.81. The predicted octanol–water partition coefficient (Wildman–Crippen LogP) is 3.09. The maximum absolute atomic E-state index is 11.3. The minimum absolute atomic E-state index is 0.330. The summed E-state index contributed by atoms with van der Waals surface area (Å²) in [6, 6.07) is 9.71. The number of ether oxygens (including phenoxy) is 3. The maximum atomic E-state index is 11.3. The molecule has 0 aliphatic carbocycles. The first-order valence-electron chi connectivity index (χ1n) is 9.06. The number of hydrogen-bond acceptors (Lipinski definition) is 6. The largest absolute Gasteiger partial charge is 0.463 e. The van der Waals surface area contributed by atoms with E-state index in [9.17, 15) is 9.59 Å². The lowest BCUT2D eigenvalue weighted by Crippen LogP contribution is -2.49. The van der Waals surface area contributed by atoms with Gasteiger partial charge in [-0.2, -0.15) is 0 Å². The molecule has 0 spiro atoms. The number of benzene rings is 1. The molecule has 1 aromatic rings. The number of hydrogen-bond donors (Lipinski definition) is 1. The lowest BCUT2D eigenvalue weighted by Gasteiger charge is -2.34. The quantitative estimate of drug-likeness (QED) is 0.428. The zero-order valence-electron chi connectivity index (χ0n) is 16.1. The van der Waals surface area contributed by atoms with Crippen LogP contribution in [0.15, 0.2) is 55.6 Å². The third-order valence-electron chi connectivity index (χ3n) is 3.96. The molecule has 2 atom stereocenters. The highest BCUT2D eigenvalue weighted by atomic mass is 16.6.